The highest BCUT2D eigenvalue weighted by Crippen LogP contribution is 2.31. The molecule has 4 nitrogen and oxygen atoms in total. The van der Waals surface area contributed by atoms with E-state index in [1.165, 1.54) is 24.8 Å². The van der Waals surface area contributed by atoms with Gasteiger partial charge in [0.2, 0.25) is 11.8 Å². The average molecular weight is 313 g/mol. The Hall–Kier alpha value is -1.68. The zero-order valence-electron chi connectivity index (χ0n) is 14.5. The van der Waals surface area contributed by atoms with Crippen molar-refractivity contribution in [3.05, 3.63) is 35.7 Å². The minimum Gasteiger partial charge on any atom is -0.419 e. The summed E-state index contributed by atoms with van der Waals surface area (Å²) in [6.07, 6.45) is 3.87. The fraction of sp³-hybridized carbons (Fsp3) is 0.579. The van der Waals surface area contributed by atoms with Crippen molar-refractivity contribution in [2.75, 3.05) is 0 Å². The molecule has 0 aliphatic heterocycles. The molecule has 1 heterocycles. The Kier molecular flexibility index (Phi) is 4.81. The molecular weight excluding hydrogens is 286 g/mol. The lowest BCUT2D eigenvalue weighted by molar-refractivity contribution is 0.190. The summed E-state index contributed by atoms with van der Waals surface area (Å²) in [6, 6.07) is 8.78. The number of rotatable bonds is 4. The number of hydrogen-bond acceptors (Lipinski definition) is 4. The highest BCUT2D eigenvalue weighted by Gasteiger charge is 2.29. The molecule has 0 bridgehead atoms. The van der Waals surface area contributed by atoms with Gasteiger partial charge in [0, 0.05) is 11.6 Å². The molecule has 1 fully saturated rings. The van der Waals surface area contributed by atoms with Gasteiger partial charge in [0.05, 0.1) is 6.04 Å². The van der Waals surface area contributed by atoms with Crippen LogP contribution in [0.15, 0.2) is 28.7 Å². The number of aryl methyl sites for hydroxylation is 1. The van der Waals surface area contributed by atoms with Crippen LogP contribution in [0.4, 0.5) is 0 Å². The van der Waals surface area contributed by atoms with Crippen LogP contribution in [0.25, 0.3) is 11.5 Å². The summed E-state index contributed by atoms with van der Waals surface area (Å²) < 4.78 is 5.89. The van der Waals surface area contributed by atoms with Gasteiger partial charge in [0.1, 0.15) is 0 Å². The quantitative estimate of drug-likeness (QED) is 0.901. The molecule has 0 saturated heterocycles. The molecule has 1 aliphatic carbocycles. The maximum atomic E-state index is 5.89. The van der Waals surface area contributed by atoms with Crippen LogP contribution in [0.1, 0.15) is 57.5 Å². The molecule has 1 aliphatic rings. The first-order valence-electron chi connectivity index (χ1n) is 8.71. The molecule has 23 heavy (non-hydrogen) atoms. The van der Waals surface area contributed by atoms with Crippen molar-refractivity contribution in [3.63, 3.8) is 0 Å². The van der Waals surface area contributed by atoms with Crippen molar-refractivity contribution in [2.45, 2.75) is 59.0 Å². The van der Waals surface area contributed by atoms with Crippen LogP contribution in [-0.4, -0.2) is 16.2 Å². The number of nitrogens with zero attached hydrogens (tertiary/aromatic N) is 2. The van der Waals surface area contributed by atoms with Gasteiger partial charge in [-0.3, -0.25) is 0 Å². The Balaban J connectivity index is 1.68. The van der Waals surface area contributed by atoms with E-state index in [0.717, 1.165) is 11.5 Å². The number of hydrogen-bond donors (Lipinski definition) is 1. The highest BCUT2D eigenvalue weighted by molar-refractivity contribution is 5.52. The number of aromatic nitrogens is 2. The fourth-order valence-electron chi connectivity index (χ4n) is 3.43. The zero-order chi connectivity index (χ0) is 16.4. The molecule has 0 spiro atoms. The minimum atomic E-state index is 0.0828. The molecule has 2 aromatic rings. The Morgan fingerprint density at radius 2 is 1.87 bits per heavy atom. The molecule has 124 valence electrons. The van der Waals surface area contributed by atoms with Crippen LogP contribution in [-0.2, 0) is 0 Å². The predicted molar refractivity (Wildman–Crippen MR) is 92.0 cm³/mol. The van der Waals surface area contributed by atoms with Gasteiger partial charge in [-0.05, 0) is 44.2 Å². The Labute approximate surface area is 138 Å². The molecule has 1 saturated carbocycles. The normalized spacial score (nSPS) is 26.2. The number of benzene rings is 1. The maximum Gasteiger partial charge on any atom is 0.247 e. The summed E-state index contributed by atoms with van der Waals surface area (Å²) in [7, 11) is 0. The van der Waals surface area contributed by atoms with Crippen LogP contribution < -0.4 is 5.32 Å². The van der Waals surface area contributed by atoms with Gasteiger partial charge in [-0.1, -0.05) is 44.4 Å². The Morgan fingerprint density at radius 3 is 2.61 bits per heavy atom. The second kappa shape index (κ2) is 6.83. The van der Waals surface area contributed by atoms with Gasteiger partial charge in [-0.25, -0.2) is 0 Å². The van der Waals surface area contributed by atoms with E-state index in [0.29, 0.717) is 23.7 Å². The molecule has 1 aromatic carbocycles. The van der Waals surface area contributed by atoms with Gasteiger partial charge < -0.3 is 9.73 Å². The summed E-state index contributed by atoms with van der Waals surface area (Å²) in [4.78, 5) is 0. The molecule has 4 atom stereocenters. The van der Waals surface area contributed by atoms with Gasteiger partial charge in [0.25, 0.3) is 0 Å². The van der Waals surface area contributed by atoms with E-state index in [4.69, 9.17) is 4.42 Å². The van der Waals surface area contributed by atoms with E-state index >= 15 is 0 Å². The van der Waals surface area contributed by atoms with E-state index in [1.54, 1.807) is 0 Å². The lowest BCUT2D eigenvalue weighted by Crippen LogP contribution is -2.41. The maximum absolute atomic E-state index is 5.89. The third kappa shape index (κ3) is 3.63. The molecule has 1 aromatic heterocycles. The van der Waals surface area contributed by atoms with Gasteiger partial charge in [-0.15, -0.1) is 10.2 Å². The first kappa shape index (κ1) is 16.2. The summed E-state index contributed by atoms with van der Waals surface area (Å²) in [5.41, 5.74) is 2.20. The van der Waals surface area contributed by atoms with Crippen LogP contribution in [0.3, 0.4) is 0 Å². The molecular formula is C19H27N3O. The lowest BCUT2D eigenvalue weighted by atomic mass is 9.78. The monoisotopic (exact) mass is 313 g/mol. The standard InChI is InChI=1S/C19H27N3O/c1-12-8-10-16(11-9-12)19-22-21-18(23-19)15(4)20-17-7-5-6-13(2)14(17)3/h8-11,13-15,17,20H,5-7H2,1-4H3. The molecule has 4 heteroatoms. The summed E-state index contributed by atoms with van der Waals surface area (Å²) in [6.45, 7) is 8.88. The third-order valence-electron chi connectivity index (χ3n) is 5.28. The first-order valence-corrected chi connectivity index (χ1v) is 8.71. The smallest absolute Gasteiger partial charge is 0.247 e. The van der Waals surface area contributed by atoms with Crippen molar-refractivity contribution in [1.82, 2.24) is 15.5 Å². The molecule has 0 amide bonds. The SMILES string of the molecule is Cc1ccc(-c2nnc(C(C)NC3CCCC(C)C3C)o2)cc1. The Morgan fingerprint density at radius 1 is 1.13 bits per heavy atom. The van der Waals surface area contributed by atoms with E-state index in [-0.39, 0.29) is 6.04 Å². The largest absolute Gasteiger partial charge is 0.419 e. The van der Waals surface area contributed by atoms with Crippen molar-refractivity contribution >= 4 is 0 Å². The molecule has 1 N–H and O–H groups in total. The third-order valence-corrected chi connectivity index (χ3v) is 5.28. The van der Waals surface area contributed by atoms with Gasteiger partial charge >= 0.3 is 0 Å². The van der Waals surface area contributed by atoms with Crippen molar-refractivity contribution in [3.8, 4) is 11.5 Å². The lowest BCUT2D eigenvalue weighted by Gasteiger charge is -2.35. The molecule has 4 unspecified atom stereocenters. The van der Waals surface area contributed by atoms with Crippen molar-refractivity contribution in [2.24, 2.45) is 11.8 Å². The second-order valence-electron chi connectivity index (χ2n) is 7.07. The van der Waals surface area contributed by atoms with Gasteiger partial charge in [-0.2, -0.15) is 0 Å². The average Bonchev–Trinajstić information content (AvgIpc) is 3.02. The Bertz CT molecular complexity index is 634. The number of nitrogens with one attached hydrogen (secondary N) is 1. The summed E-state index contributed by atoms with van der Waals surface area (Å²) in [5.74, 6) is 2.73. The van der Waals surface area contributed by atoms with Crippen molar-refractivity contribution < 1.29 is 4.42 Å². The fourth-order valence-corrected chi connectivity index (χ4v) is 3.43. The topological polar surface area (TPSA) is 51.0 Å². The van der Waals surface area contributed by atoms with Gasteiger partial charge in [0.15, 0.2) is 0 Å². The second-order valence-corrected chi connectivity index (χ2v) is 7.07. The van der Waals surface area contributed by atoms with Crippen LogP contribution in [0, 0.1) is 18.8 Å². The predicted octanol–water partition coefficient (Wildman–Crippen LogP) is 4.52. The first-order chi connectivity index (χ1) is 11.0. The van der Waals surface area contributed by atoms with Crippen LogP contribution >= 0.6 is 0 Å². The van der Waals surface area contributed by atoms with Crippen molar-refractivity contribution in [1.29, 1.82) is 0 Å². The summed E-state index contributed by atoms with van der Waals surface area (Å²) in [5, 5.41) is 12.1. The highest BCUT2D eigenvalue weighted by atomic mass is 16.4. The van der Waals surface area contributed by atoms with E-state index in [2.05, 4.69) is 55.3 Å². The van der Waals surface area contributed by atoms with E-state index < -0.39 is 0 Å². The molecule has 3 rings (SSSR count). The van der Waals surface area contributed by atoms with E-state index in [1.807, 2.05) is 12.1 Å². The zero-order valence-corrected chi connectivity index (χ0v) is 14.5. The summed E-state index contributed by atoms with van der Waals surface area (Å²) >= 11 is 0. The van der Waals surface area contributed by atoms with Crippen LogP contribution in [0.2, 0.25) is 0 Å². The molecule has 0 radical (unpaired) electrons. The van der Waals surface area contributed by atoms with Crippen LogP contribution in [0.5, 0.6) is 0 Å². The minimum absolute atomic E-state index is 0.0828. The van der Waals surface area contributed by atoms with E-state index in [9.17, 15) is 0 Å².